The molecule has 192 valence electrons. The van der Waals surface area contributed by atoms with Gasteiger partial charge in [0, 0.05) is 31.1 Å². The molecule has 2 bridgehead atoms. The van der Waals surface area contributed by atoms with Gasteiger partial charge in [0.05, 0.1) is 36.8 Å². The molecular formula is C24H30FN7O4. The summed E-state index contributed by atoms with van der Waals surface area (Å²) in [5, 5.41) is 24.6. The second kappa shape index (κ2) is 9.58. The molecule has 1 aromatic carbocycles. The highest BCUT2D eigenvalue weighted by atomic mass is 19.1. The highest BCUT2D eigenvalue weighted by molar-refractivity contribution is 5.91. The van der Waals surface area contributed by atoms with Gasteiger partial charge in [0.2, 0.25) is 17.7 Å². The number of hydrogen-bond acceptors (Lipinski definition) is 7. The van der Waals surface area contributed by atoms with Crippen LogP contribution in [0.3, 0.4) is 0 Å². The molecule has 3 fully saturated rings. The topological polar surface area (TPSA) is 133 Å². The smallest absolute Gasteiger partial charge is 0.243 e. The normalized spacial score (nSPS) is 31.8. The first-order valence-corrected chi connectivity index (χ1v) is 12.2. The highest BCUT2D eigenvalue weighted by Crippen LogP contribution is 2.31. The van der Waals surface area contributed by atoms with Crippen molar-refractivity contribution in [2.24, 2.45) is 0 Å². The molecule has 1 aromatic heterocycles. The number of carbonyl (C=O) groups excluding carboxylic acids is 3. The monoisotopic (exact) mass is 499 g/mol. The number of amides is 3. The van der Waals surface area contributed by atoms with Crippen molar-refractivity contribution in [3.8, 4) is 11.3 Å². The second-order valence-corrected chi connectivity index (χ2v) is 10.0. The molecule has 0 spiro atoms. The third-order valence-corrected chi connectivity index (χ3v) is 7.43. The Labute approximate surface area is 207 Å². The number of carbonyl (C=O) groups is 3. The molecule has 4 heterocycles. The Morgan fingerprint density at radius 3 is 2.56 bits per heavy atom. The van der Waals surface area contributed by atoms with Gasteiger partial charge in [-0.3, -0.25) is 19.3 Å². The van der Waals surface area contributed by atoms with Crippen molar-refractivity contribution >= 4 is 17.7 Å². The lowest BCUT2D eigenvalue weighted by atomic mass is 10.1. The van der Waals surface area contributed by atoms with Gasteiger partial charge in [-0.2, -0.15) is 0 Å². The fourth-order valence-electron chi connectivity index (χ4n) is 5.36. The summed E-state index contributed by atoms with van der Waals surface area (Å²) in [4.78, 5) is 42.8. The molecule has 0 radical (unpaired) electrons. The first kappa shape index (κ1) is 24.3. The molecular weight excluding hydrogens is 469 g/mol. The van der Waals surface area contributed by atoms with Gasteiger partial charge >= 0.3 is 0 Å². The number of halogens is 1. The molecule has 36 heavy (non-hydrogen) atoms. The summed E-state index contributed by atoms with van der Waals surface area (Å²) < 4.78 is 14.9. The molecule has 5 rings (SSSR count). The van der Waals surface area contributed by atoms with E-state index in [0.29, 0.717) is 30.6 Å². The van der Waals surface area contributed by atoms with E-state index >= 15 is 0 Å². The van der Waals surface area contributed by atoms with E-state index in [1.165, 1.54) is 12.1 Å². The quantitative estimate of drug-likeness (QED) is 0.516. The zero-order chi connectivity index (χ0) is 25.6. The number of likely N-dealkylation sites (tertiary alicyclic amines) is 1. The number of aromatic nitrogens is 3. The number of benzene rings is 1. The van der Waals surface area contributed by atoms with Crippen molar-refractivity contribution < 1.29 is 23.9 Å². The summed E-state index contributed by atoms with van der Waals surface area (Å²) in [6, 6.07) is 3.53. The highest BCUT2D eigenvalue weighted by Gasteiger charge is 2.46. The average Bonchev–Trinajstić information content (AvgIpc) is 3.56. The van der Waals surface area contributed by atoms with E-state index in [2.05, 4.69) is 20.9 Å². The Hall–Kier alpha value is -3.38. The van der Waals surface area contributed by atoms with Crippen LogP contribution in [0.2, 0.25) is 0 Å². The van der Waals surface area contributed by atoms with Gasteiger partial charge in [0.15, 0.2) is 0 Å². The Morgan fingerprint density at radius 1 is 1.06 bits per heavy atom. The lowest BCUT2D eigenvalue weighted by molar-refractivity contribution is -0.142. The predicted octanol–water partition coefficient (Wildman–Crippen LogP) is -0.316. The molecule has 3 saturated heterocycles. The van der Waals surface area contributed by atoms with E-state index in [9.17, 15) is 23.9 Å². The van der Waals surface area contributed by atoms with Crippen LogP contribution >= 0.6 is 0 Å². The summed E-state index contributed by atoms with van der Waals surface area (Å²) in [6.45, 7) is 2.41. The third kappa shape index (κ3) is 4.70. The lowest BCUT2D eigenvalue weighted by Crippen LogP contribution is -2.54. The zero-order valence-electron chi connectivity index (χ0n) is 20.2. The average molecular weight is 500 g/mol. The molecule has 0 aliphatic carbocycles. The van der Waals surface area contributed by atoms with E-state index in [-0.39, 0.29) is 48.6 Å². The molecule has 0 saturated carbocycles. The standard InChI is InChI=1S/C24H30FN7O4/c1-13-21(33)9-22(34)27-16-7-20(30(2)10-16)24(36)31-11-17(8-19(31)23(35)26-13)32-12-18(28-29-32)14-3-5-15(25)6-4-14/h3-6,12-13,16-17,19-21,33H,7-11H2,1-2H3,(H,26,35)(H,27,34)/t13-,16+,17-,19-,20-,21-/m0/s1. The number of hydrogen-bond donors (Lipinski definition) is 3. The molecule has 3 amide bonds. The maximum atomic E-state index is 13.7. The van der Waals surface area contributed by atoms with Crippen LogP contribution in [0.1, 0.15) is 32.2 Å². The first-order valence-electron chi connectivity index (χ1n) is 12.2. The number of fused-ring (bicyclic) bond motifs is 3. The Kier molecular flexibility index (Phi) is 6.47. The van der Waals surface area contributed by atoms with Gasteiger partial charge in [-0.25, -0.2) is 9.07 Å². The third-order valence-electron chi connectivity index (χ3n) is 7.43. The number of rotatable bonds is 2. The number of nitrogens with one attached hydrogen (secondary N) is 2. The maximum absolute atomic E-state index is 13.7. The molecule has 3 N–H and O–H groups in total. The number of likely N-dealkylation sites (N-methyl/N-ethyl adjacent to an activating group) is 1. The van der Waals surface area contributed by atoms with Gasteiger partial charge in [-0.05, 0) is 44.7 Å². The van der Waals surface area contributed by atoms with Crippen LogP contribution in [0.5, 0.6) is 0 Å². The van der Waals surface area contributed by atoms with E-state index in [1.54, 1.807) is 34.8 Å². The van der Waals surface area contributed by atoms with E-state index in [0.717, 1.165) is 0 Å². The summed E-state index contributed by atoms with van der Waals surface area (Å²) in [5.74, 6) is -1.21. The fraction of sp³-hybridized carbons (Fsp3) is 0.542. The van der Waals surface area contributed by atoms with Crippen LogP contribution in [0.25, 0.3) is 11.3 Å². The number of aliphatic hydroxyl groups is 1. The van der Waals surface area contributed by atoms with Crippen molar-refractivity contribution in [2.45, 2.75) is 62.5 Å². The lowest BCUT2D eigenvalue weighted by Gasteiger charge is -2.30. The van der Waals surface area contributed by atoms with Crippen LogP contribution in [-0.2, 0) is 14.4 Å². The van der Waals surface area contributed by atoms with E-state index in [1.807, 2.05) is 11.9 Å². The van der Waals surface area contributed by atoms with Crippen molar-refractivity contribution in [1.29, 1.82) is 0 Å². The van der Waals surface area contributed by atoms with Crippen LogP contribution < -0.4 is 10.6 Å². The van der Waals surface area contributed by atoms with E-state index in [4.69, 9.17) is 0 Å². The molecule has 12 heteroatoms. The zero-order valence-corrected chi connectivity index (χ0v) is 20.2. The second-order valence-electron chi connectivity index (χ2n) is 10.0. The van der Waals surface area contributed by atoms with Gasteiger partial charge in [0.1, 0.15) is 17.6 Å². The SMILES string of the molecule is C[C@@H]1NC(=O)[C@@H]2C[C@H](n3cc(-c4ccc(F)cc4)nn3)CN2C(=O)[C@@H]2C[C@H](CN2C)NC(=O)C[C@@H]1O. The summed E-state index contributed by atoms with van der Waals surface area (Å²) in [7, 11) is 1.83. The van der Waals surface area contributed by atoms with Crippen molar-refractivity contribution in [2.75, 3.05) is 20.1 Å². The predicted molar refractivity (Wildman–Crippen MR) is 126 cm³/mol. The van der Waals surface area contributed by atoms with Crippen molar-refractivity contribution in [3.05, 3.63) is 36.3 Å². The van der Waals surface area contributed by atoms with Crippen molar-refractivity contribution in [3.63, 3.8) is 0 Å². The fourth-order valence-corrected chi connectivity index (χ4v) is 5.36. The van der Waals surface area contributed by atoms with Gasteiger partial charge in [0.25, 0.3) is 0 Å². The van der Waals surface area contributed by atoms with Crippen LogP contribution in [0, 0.1) is 5.82 Å². The summed E-state index contributed by atoms with van der Waals surface area (Å²) in [6.07, 6.45) is 1.30. The van der Waals surface area contributed by atoms with Gasteiger partial charge < -0.3 is 20.6 Å². The maximum Gasteiger partial charge on any atom is 0.243 e. The molecule has 0 unspecified atom stereocenters. The number of aliphatic hydroxyl groups excluding tert-OH is 1. The minimum atomic E-state index is -1.06. The van der Waals surface area contributed by atoms with E-state index < -0.39 is 24.2 Å². The van der Waals surface area contributed by atoms with Crippen LogP contribution in [0.4, 0.5) is 4.39 Å². The van der Waals surface area contributed by atoms with Crippen LogP contribution in [0.15, 0.2) is 30.5 Å². The van der Waals surface area contributed by atoms with Crippen molar-refractivity contribution in [1.82, 2.24) is 35.4 Å². The molecule has 2 aromatic rings. The van der Waals surface area contributed by atoms with Gasteiger partial charge in [-0.1, -0.05) is 5.21 Å². The Balaban J connectivity index is 1.41. The minimum absolute atomic E-state index is 0.137. The Morgan fingerprint density at radius 2 is 1.81 bits per heavy atom. The molecule has 6 atom stereocenters. The van der Waals surface area contributed by atoms with Crippen LogP contribution in [-0.4, -0.2) is 98.0 Å². The molecule has 11 nitrogen and oxygen atoms in total. The minimum Gasteiger partial charge on any atom is -0.390 e. The molecule has 3 aliphatic heterocycles. The summed E-state index contributed by atoms with van der Waals surface area (Å²) >= 11 is 0. The van der Waals surface area contributed by atoms with Gasteiger partial charge in [-0.15, -0.1) is 5.10 Å². The Bertz CT molecular complexity index is 1160. The number of nitrogens with zero attached hydrogens (tertiary/aromatic N) is 5. The molecule has 3 aliphatic rings. The first-order chi connectivity index (χ1) is 17.2. The largest absolute Gasteiger partial charge is 0.390 e. The summed E-state index contributed by atoms with van der Waals surface area (Å²) in [5.41, 5.74) is 1.27.